The monoisotopic (exact) mass is 394 g/mol. The second kappa shape index (κ2) is 7.77. The first-order chi connectivity index (χ1) is 11.1. The summed E-state index contributed by atoms with van der Waals surface area (Å²) < 4.78 is 9.16. The van der Waals surface area contributed by atoms with E-state index in [2.05, 4.69) is 64.0 Å². The van der Waals surface area contributed by atoms with Crippen LogP contribution in [-0.4, -0.2) is 23.8 Å². The Kier molecular flexibility index (Phi) is 5.72. The highest BCUT2D eigenvalue weighted by atomic mass is 79.9. The fourth-order valence-corrected chi connectivity index (χ4v) is 4.01. The lowest BCUT2D eigenvalue weighted by Crippen LogP contribution is -2.21. The molecule has 1 aliphatic rings. The molecule has 1 aliphatic heterocycles. The van der Waals surface area contributed by atoms with Crippen molar-refractivity contribution in [2.24, 2.45) is 10.9 Å². The molecule has 1 saturated heterocycles. The van der Waals surface area contributed by atoms with E-state index in [4.69, 9.17) is 9.73 Å². The average molecular weight is 395 g/mol. The zero-order valence-electron chi connectivity index (χ0n) is 13.7. The van der Waals surface area contributed by atoms with Crippen molar-refractivity contribution in [1.82, 2.24) is 4.57 Å². The molecule has 0 amide bonds. The molecule has 1 aromatic heterocycles. The SMILES string of the molecule is CC(C)Cn1c(-c2ccc(Br)cc2)csc1=NCC1CCCO1. The molecule has 124 valence electrons. The lowest BCUT2D eigenvalue weighted by Gasteiger charge is -2.12. The summed E-state index contributed by atoms with van der Waals surface area (Å²) >= 11 is 5.24. The minimum atomic E-state index is 0.306. The maximum absolute atomic E-state index is 5.70. The van der Waals surface area contributed by atoms with E-state index in [0.29, 0.717) is 12.0 Å². The maximum atomic E-state index is 5.70. The Balaban J connectivity index is 1.93. The van der Waals surface area contributed by atoms with Gasteiger partial charge in [-0.3, -0.25) is 4.99 Å². The molecule has 0 bridgehead atoms. The molecule has 2 heterocycles. The average Bonchev–Trinajstić information content (AvgIpc) is 3.16. The lowest BCUT2D eigenvalue weighted by atomic mass is 10.1. The van der Waals surface area contributed by atoms with Crippen molar-refractivity contribution in [3.63, 3.8) is 0 Å². The van der Waals surface area contributed by atoms with Crippen LogP contribution in [-0.2, 0) is 11.3 Å². The van der Waals surface area contributed by atoms with E-state index >= 15 is 0 Å². The zero-order valence-corrected chi connectivity index (χ0v) is 16.1. The first-order valence-electron chi connectivity index (χ1n) is 8.20. The van der Waals surface area contributed by atoms with Crippen LogP contribution >= 0.6 is 27.3 Å². The minimum Gasteiger partial charge on any atom is -0.376 e. The third kappa shape index (κ3) is 4.34. The fraction of sp³-hybridized carbons (Fsp3) is 0.500. The Bertz CT molecular complexity index is 697. The van der Waals surface area contributed by atoms with Gasteiger partial charge in [0.2, 0.25) is 0 Å². The van der Waals surface area contributed by atoms with Crippen LogP contribution in [0.2, 0.25) is 0 Å². The Morgan fingerprint density at radius 1 is 1.35 bits per heavy atom. The largest absolute Gasteiger partial charge is 0.376 e. The van der Waals surface area contributed by atoms with Gasteiger partial charge in [-0.2, -0.15) is 0 Å². The van der Waals surface area contributed by atoms with E-state index in [1.807, 2.05) is 0 Å². The third-order valence-corrected chi connectivity index (χ3v) is 5.37. The summed E-state index contributed by atoms with van der Waals surface area (Å²) in [6, 6.07) is 8.51. The van der Waals surface area contributed by atoms with Crippen LogP contribution in [0.1, 0.15) is 26.7 Å². The summed E-state index contributed by atoms with van der Waals surface area (Å²) in [7, 11) is 0. The number of hydrogen-bond acceptors (Lipinski definition) is 3. The maximum Gasteiger partial charge on any atom is 0.185 e. The van der Waals surface area contributed by atoms with Gasteiger partial charge < -0.3 is 9.30 Å². The molecular formula is C18H23BrN2OS. The van der Waals surface area contributed by atoms with E-state index in [1.54, 1.807) is 11.3 Å². The van der Waals surface area contributed by atoms with Crippen molar-refractivity contribution >= 4 is 27.3 Å². The Morgan fingerprint density at radius 2 is 2.13 bits per heavy atom. The molecule has 0 N–H and O–H groups in total. The molecule has 1 atom stereocenters. The van der Waals surface area contributed by atoms with Gasteiger partial charge in [-0.1, -0.05) is 41.9 Å². The van der Waals surface area contributed by atoms with Gasteiger partial charge in [-0.15, -0.1) is 11.3 Å². The van der Waals surface area contributed by atoms with Crippen LogP contribution in [0.3, 0.4) is 0 Å². The highest BCUT2D eigenvalue weighted by Gasteiger charge is 2.15. The number of aromatic nitrogens is 1. The normalized spacial score (nSPS) is 19.0. The molecule has 0 radical (unpaired) electrons. The van der Waals surface area contributed by atoms with Gasteiger partial charge in [0.15, 0.2) is 4.80 Å². The van der Waals surface area contributed by atoms with Crippen LogP contribution in [0.15, 0.2) is 39.1 Å². The molecule has 1 fully saturated rings. The quantitative estimate of drug-likeness (QED) is 0.720. The van der Waals surface area contributed by atoms with Gasteiger partial charge >= 0.3 is 0 Å². The van der Waals surface area contributed by atoms with E-state index in [1.165, 1.54) is 17.7 Å². The standard InChI is InChI=1S/C18H23BrN2OS/c1-13(2)11-21-17(14-5-7-15(19)8-6-14)12-23-18(21)20-10-16-4-3-9-22-16/h5-8,12-13,16H,3-4,9-11H2,1-2H3. The van der Waals surface area contributed by atoms with Crippen LogP contribution in [0.4, 0.5) is 0 Å². The zero-order chi connectivity index (χ0) is 16.2. The summed E-state index contributed by atoms with van der Waals surface area (Å²) in [5, 5.41) is 2.22. The molecule has 1 aromatic carbocycles. The number of halogens is 1. The predicted octanol–water partition coefficient (Wildman–Crippen LogP) is 4.71. The van der Waals surface area contributed by atoms with Crippen molar-refractivity contribution in [2.45, 2.75) is 39.3 Å². The molecule has 23 heavy (non-hydrogen) atoms. The van der Waals surface area contributed by atoms with Crippen molar-refractivity contribution in [1.29, 1.82) is 0 Å². The van der Waals surface area contributed by atoms with Gasteiger partial charge in [0.05, 0.1) is 18.3 Å². The summed E-state index contributed by atoms with van der Waals surface area (Å²) in [5.74, 6) is 0.584. The highest BCUT2D eigenvalue weighted by Crippen LogP contribution is 2.23. The molecule has 1 unspecified atom stereocenters. The number of rotatable bonds is 5. The second-order valence-corrected chi connectivity index (χ2v) is 8.14. The van der Waals surface area contributed by atoms with Gasteiger partial charge in [0, 0.05) is 23.0 Å². The Labute approximate surface area is 150 Å². The van der Waals surface area contributed by atoms with Gasteiger partial charge in [0.25, 0.3) is 0 Å². The Hall–Kier alpha value is -0.910. The van der Waals surface area contributed by atoms with E-state index in [0.717, 1.165) is 35.4 Å². The molecule has 3 rings (SSSR count). The molecule has 0 aliphatic carbocycles. The van der Waals surface area contributed by atoms with E-state index in [9.17, 15) is 0 Å². The fourth-order valence-electron chi connectivity index (χ4n) is 2.82. The number of nitrogens with zero attached hydrogens (tertiary/aromatic N) is 2. The van der Waals surface area contributed by atoms with Crippen LogP contribution in [0.5, 0.6) is 0 Å². The van der Waals surface area contributed by atoms with Gasteiger partial charge in [-0.25, -0.2) is 0 Å². The van der Waals surface area contributed by atoms with E-state index < -0.39 is 0 Å². The van der Waals surface area contributed by atoms with E-state index in [-0.39, 0.29) is 0 Å². The number of hydrogen-bond donors (Lipinski definition) is 0. The third-order valence-electron chi connectivity index (χ3n) is 3.94. The van der Waals surface area contributed by atoms with Crippen LogP contribution in [0, 0.1) is 5.92 Å². The van der Waals surface area contributed by atoms with Crippen molar-refractivity contribution in [3.05, 3.63) is 38.9 Å². The molecule has 0 saturated carbocycles. The van der Waals surface area contributed by atoms with Crippen molar-refractivity contribution in [2.75, 3.05) is 13.2 Å². The topological polar surface area (TPSA) is 26.5 Å². The number of benzene rings is 1. The first kappa shape index (κ1) is 16.9. The lowest BCUT2D eigenvalue weighted by molar-refractivity contribution is 0.117. The molecule has 5 heteroatoms. The van der Waals surface area contributed by atoms with Crippen LogP contribution in [0.25, 0.3) is 11.3 Å². The number of thiazole rings is 1. The van der Waals surface area contributed by atoms with Crippen molar-refractivity contribution in [3.8, 4) is 11.3 Å². The minimum absolute atomic E-state index is 0.306. The summed E-state index contributed by atoms with van der Waals surface area (Å²) in [6.07, 6.45) is 2.61. The molecule has 0 spiro atoms. The molecular weight excluding hydrogens is 372 g/mol. The summed E-state index contributed by atoms with van der Waals surface area (Å²) in [4.78, 5) is 5.96. The highest BCUT2D eigenvalue weighted by molar-refractivity contribution is 9.10. The Morgan fingerprint density at radius 3 is 2.78 bits per heavy atom. The predicted molar refractivity (Wildman–Crippen MR) is 99.7 cm³/mol. The smallest absolute Gasteiger partial charge is 0.185 e. The summed E-state index contributed by atoms with van der Waals surface area (Å²) in [5.41, 5.74) is 2.49. The molecule has 3 nitrogen and oxygen atoms in total. The first-order valence-corrected chi connectivity index (χ1v) is 9.87. The summed E-state index contributed by atoms with van der Waals surface area (Å²) in [6.45, 7) is 7.15. The second-order valence-electron chi connectivity index (χ2n) is 6.39. The van der Waals surface area contributed by atoms with Crippen molar-refractivity contribution < 1.29 is 4.74 Å². The van der Waals surface area contributed by atoms with Gasteiger partial charge in [0.1, 0.15) is 0 Å². The van der Waals surface area contributed by atoms with Gasteiger partial charge in [-0.05, 0) is 36.5 Å². The van der Waals surface area contributed by atoms with Crippen LogP contribution < -0.4 is 4.80 Å². The number of ether oxygens (including phenoxy) is 1. The molecule has 2 aromatic rings.